The molecule has 0 spiro atoms. The van der Waals surface area contributed by atoms with Gasteiger partial charge in [0.1, 0.15) is 0 Å². The quantitative estimate of drug-likeness (QED) is 0.292. The summed E-state index contributed by atoms with van der Waals surface area (Å²) in [4.78, 5) is 25.1. The number of methoxy groups -OCH3 is 2. The van der Waals surface area contributed by atoms with Crippen LogP contribution in [0, 0.1) is 6.92 Å². The van der Waals surface area contributed by atoms with Gasteiger partial charge in [0.2, 0.25) is 5.91 Å². The molecule has 1 heterocycles. The molecule has 0 radical (unpaired) electrons. The smallest absolute Gasteiger partial charge is 0.251 e. The first kappa shape index (κ1) is 26.1. The number of hydrogen-bond acceptors (Lipinski definition) is 7. The van der Waals surface area contributed by atoms with Crippen LogP contribution in [0.4, 0.5) is 5.69 Å². The molecule has 11 heteroatoms. The fourth-order valence-electron chi connectivity index (χ4n) is 3.15. The summed E-state index contributed by atoms with van der Waals surface area (Å²) in [6.45, 7) is 6.23. The van der Waals surface area contributed by atoms with Gasteiger partial charge >= 0.3 is 0 Å². The average molecular weight is 516 g/mol. The fourth-order valence-corrected chi connectivity index (χ4v) is 4.09. The number of hydrogen-bond donors (Lipinski definition) is 2. The molecule has 35 heavy (non-hydrogen) atoms. The number of nitrogens with zero attached hydrogens (tertiary/aromatic N) is 3. The topological polar surface area (TPSA) is 107 Å². The molecular weight excluding hydrogens is 490 g/mol. The molecule has 2 aromatic carbocycles. The molecule has 2 amide bonds. The van der Waals surface area contributed by atoms with E-state index in [1.54, 1.807) is 41.0 Å². The van der Waals surface area contributed by atoms with Crippen molar-refractivity contribution >= 4 is 40.9 Å². The van der Waals surface area contributed by atoms with Crippen LogP contribution in [-0.4, -0.2) is 46.6 Å². The first-order chi connectivity index (χ1) is 16.9. The SMILES string of the molecule is C=CCn1c(CNC(=O)c2ccc(OC)c(OC)c2)nnc1SCC(=O)Nc1cc(Cl)ccc1C. The van der Waals surface area contributed by atoms with E-state index >= 15 is 0 Å². The number of aromatic nitrogens is 3. The van der Waals surface area contributed by atoms with Crippen molar-refractivity contribution in [3.8, 4) is 11.5 Å². The minimum Gasteiger partial charge on any atom is -0.493 e. The summed E-state index contributed by atoms with van der Waals surface area (Å²) in [7, 11) is 3.04. The van der Waals surface area contributed by atoms with E-state index in [4.69, 9.17) is 21.1 Å². The second-order valence-corrected chi connectivity index (χ2v) is 8.73. The second kappa shape index (κ2) is 12.3. The third-order valence-corrected chi connectivity index (χ3v) is 6.17. The minimum absolute atomic E-state index is 0.124. The van der Waals surface area contributed by atoms with E-state index in [2.05, 4.69) is 27.4 Å². The average Bonchev–Trinajstić information content (AvgIpc) is 3.24. The molecular formula is C24H26ClN5O4S. The Hall–Kier alpha value is -3.50. The third-order valence-electron chi connectivity index (χ3n) is 4.96. The highest BCUT2D eigenvalue weighted by Gasteiger charge is 2.16. The van der Waals surface area contributed by atoms with Crippen LogP contribution in [0.15, 0.2) is 54.2 Å². The predicted octanol–water partition coefficient (Wildman–Crippen LogP) is 4.10. The van der Waals surface area contributed by atoms with Crippen LogP contribution in [-0.2, 0) is 17.9 Å². The first-order valence-corrected chi connectivity index (χ1v) is 11.9. The van der Waals surface area contributed by atoms with Crippen LogP contribution in [0.2, 0.25) is 5.02 Å². The van der Waals surface area contributed by atoms with E-state index in [1.807, 2.05) is 13.0 Å². The zero-order valence-corrected chi connectivity index (χ0v) is 21.2. The van der Waals surface area contributed by atoms with E-state index in [9.17, 15) is 9.59 Å². The number of benzene rings is 2. The molecule has 0 aliphatic heterocycles. The largest absolute Gasteiger partial charge is 0.493 e. The number of nitrogens with one attached hydrogen (secondary N) is 2. The lowest BCUT2D eigenvalue weighted by Gasteiger charge is -2.11. The van der Waals surface area contributed by atoms with Gasteiger partial charge in [0.15, 0.2) is 22.5 Å². The maximum absolute atomic E-state index is 12.6. The van der Waals surface area contributed by atoms with Crippen LogP contribution in [0.3, 0.4) is 0 Å². The summed E-state index contributed by atoms with van der Waals surface area (Å²) >= 11 is 7.26. The molecule has 0 saturated heterocycles. The molecule has 184 valence electrons. The van der Waals surface area contributed by atoms with Crippen molar-refractivity contribution in [1.82, 2.24) is 20.1 Å². The lowest BCUT2D eigenvalue weighted by Crippen LogP contribution is -2.25. The molecule has 0 saturated carbocycles. The Balaban J connectivity index is 1.64. The van der Waals surface area contributed by atoms with Crippen molar-refractivity contribution in [2.45, 2.75) is 25.2 Å². The minimum atomic E-state index is -0.301. The molecule has 9 nitrogen and oxygen atoms in total. The molecule has 0 bridgehead atoms. The van der Waals surface area contributed by atoms with Gasteiger partial charge in [-0.05, 0) is 42.8 Å². The van der Waals surface area contributed by atoms with Crippen molar-refractivity contribution in [3.63, 3.8) is 0 Å². The molecule has 0 aliphatic carbocycles. The zero-order chi connectivity index (χ0) is 25.4. The Morgan fingerprint density at radius 2 is 1.91 bits per heavy atom. The molecule has 0 aliphatic rings. The Bertz CT molecular complexity index is 1230. The summed E-state index contributed by atoms with van der Waals surface area (Å²) in [6.07, 6.45) is 1.70. The van der Waals surface area contributed by atoms with Gasteiger partial charge in [-0.15, -0.1) is 16.8 Å². The molecule has 3 aromatic rings. The number of aryl methyl sites for hydroxylation is 1. The maximum atomic E-state index is 12.6. The number of anilines is 1. The number of rotatable bonds is 11. The van der Waals surface area contributed by atoms with Gasteiger partial charge in [-0.1, -0.05) is 35.5 Å². The van der Waals surface area contributed by atoms with Gasteiger partial charge in [-0.25, -0.2) is 0 Å². The number of amides is 2. The molecule has 2 N–H and O–H groups in total. The van der Waals surface area contributed by atoms with Crippen molar-refractivity contribution < 1.29 is 19.1 Å². The molecule has 0 atom stereocenters. The Kier molecular flexibility index (Phi) is 9.16. The highest BCUT2D eigenvalue weighted by Crippen LogP contribution is 2.27. The molecule has 3 rings (SSSR count). The summed E-state index contributed by atoms with van der Waals surface area (Å²) < 4.78 is 12.3. The molecule has 0 fully saturated rings. The van der Waals surface area contributed by atoms with Crippen LogP contribution >= 0.6 is 23.4 Å². The Morgan fingerprint density at radius 1 is 1.14 bits per heavy atom. The van der Waals surface area contributed by atoms with Crippen LogP contribution < -0.4 is 20.1 Å². The van der Waals surface area contributed by atoms with Crippen LogP contribution in [0.25, 0.3) is 0 Å². The van der Waals surface area contributed by atoms with Gasteiger partial charge in [0.25, 0.3) is 5.91 Å². The lowest BCUT2D eigenvalue weighted by atomic mass is 10.2. The Morgan fingerprint density at radius 3 is 2.63 bits per heavy atom. The van der Waals surface area contributed by atoms with Gasteiger partial charge in [-0.3, -0.25) is 9.59 Å². The Labute approximate surface area is 212 Å². The number of ether oxygens (including phenoxy) is 2. The van der Waals surface area contributed by atoms with E-state index < -0.39 is 0 Å². The lowest BCUT2D eigenvalue weighted by molar-refractivity contribution is -0.113. The van der Waals surface area contributed by atoms with Crippen LogP contribution in [0.5, 0.6) is 11.5 Å². The van der Waals surface area contributed by atoms with E-state index in [1.165, 1.54) is 26.0 Å². The first-order valence-electron chi connectivity index (χ1n) is 10.6. The number of allylic oxidation sites excluding steroid dienone is 1. The van der Waals surface area contributed by atoms with E-state index in [0.717, 1.165) is 5.56 Å². The van der Waals surface area contributed by atoms with E-state index in [-0.39, 0.29) is 24.1 Å². The van der Waals surface area contributed by atoms with Crippen molar-refractivity contribution in [2.75, 3.05) is 25.3 Å². The number of carbonyl (C=O) groups excluding carboxylic acids is 2. The van der Waals surface area contributed by atoms with Gasteiger partial charge in [-0.2, -0.15) is 0 Å². The summed E-state index contributed by atoms with van der Waals surface area (Å²) in [6, 6.07) is 10.2. The van der Waals surface area contributed by atoms with Crippen molar-refractivity contribution in [1.29, 1.82) is 0 Å². The van der Waals surface area contributed by atoms with Crippen molar-refractivity contribution in [3.05, 3.63) is 71.0 Å². The third kappa shape index (κ3) is 6.77. The maximum Gasteiger partial charge on any atom is 0.251 e. The highest BCUT2D eigenvalue weighted by atomic mass is 35.5. The highest BCUT2D eigenvalue weighted by molar-refractivity contribution is 7.99. The molecule has 1 aromatic heterocycles. The number of carbonyl (C=O) groups is 2. The fraction of sp³-hybridized carbons (Fsp3) is 0.250. The number of thioether (sulfide) groups is 1. The van der Waals surface area contributed by atoms with Crippen molar-refractivity contribution in [2.24, 2.45) is 0 Å². The van der Waals surface area contributed by atoms with Crippen LogP contribution in [0.1, 0.15) is 21.7 Å². The monoisotopic (exact) mass is 515 g/mol. The predicted molar refractivity (Wildman–Crippen MR) is 136 cm³/mol. The molecule has 0 unspecified atom stereocenters. The van der Waals surface area contributed by atoms with Gasteiger partial charge < -0.3 is 24.7 Å². The van der Waals surface area contributed by atoms with Gasteiger partial charge in [0.05, 0.1) is 26.5 Å². The normalized spacial score (nSPS) is 10.5. The second-order valence-electron chi connectivity index (χ2n) is 7.35. The zero-order valence-electron chi connectivity index (χ0n) is 19.6. The van der Waals surface area contributed by atoms with Gasteiger partial charge in [0, 0.05) is 22.8 Å². The standard InChI is InChI=1S/C24H26ClN5O4S/c1-5-10-30-21(13-26-23(32)16-7-9-19(33-3)20(11-16)34-4)28-29-24(30)35-14-22(31)27-18-12-17(25)8-6-15(18)2/h5-9,11-12H,1,10,13-14H2,2-4H3,(H,26,32)(H,27,31). The summed E-state index contributed by atoms with van der Waals surface area (Å²) in [5, 5.41) is 15.1. The summed E-state index contributed by atoms with van der Waals surface area (Å²) in [5.41, 5.74) is 1.99. The number of halogens is 1. The van der Waals surface area contributed by atoms with E-state index in [0.29, 0.717) is 45.3 Å². The summed E-state index contributed by atoms with van der Waals surface area (Å²) in [5.74, 6) is 1.15.